The van der Waals surface area contributed by atoms with Crippen molar-refractivity contribution in [2.45, 2.75) is 48.4 Å². The molecule has 13 heteroatoms. The largest absolute Gasteiger partial charge is 0.382 e. The summed E-state index contributed by atoms with van der Waals surface area (Å²) in [6.45, 7) is 1.96. The van der Waals surface area contributed by atoms with E-state index in [4.69, 9.17) is 11.6 Å². The topological polar surface area (TPSA) is 125 Å². The van der Waals surface area contributed by atoms with Gasteiger partial charge in [0.15, 0.2) is 27.3 Å². The van der Waals surface area contributed by atoms with Crippen LogP contribution in [0.4, 0.5) is 18.9 Å². The summed E-state index contributed by atoms with van der Waals surface area (Å²) in [5.41, 5.74) is -0.567. The first-order chi connectivity index (χ1) is 20.9. The van der Waals surface area contributed by atoms with E-state index in [-0.39, 0.29) is 39.9 Å². The molecule has 230 valence electrons. The van der Waals surface area contributed by atoms with Crippen molar-refractivity contribution in [1.29, 1.82) is 0 Å². The van der Waals surface area contributed by atoms with Gasteiger partial charge in [-0.05, 0) is 67.3 Å². The molecule has 2 aliphatic rings. The number of carbonyl (C=O) groups excluding carboxylic acids is 1. The Hall–Kier alpha value is -3.74. The van der Waals surface area contributed by atoms with Crippen molar-refractivity contribution in [1.82, 2.24) is 15.0 Å². The molecule has 6 rings (SSSR count). The molecule has 1 amide bonds. The number of H-pyrrole nitrogens is 1. The predicted molar refractivity (Wildman–Crippen MR) is 157 cm³/mol. The van der Waals surface area contributed by atoms with Gasteiger partial charge in [-0.2, -0.15) is 0 Å². The van der Waals surface area contributed by atoms with Crippen LogP contribution in [0.2, 0.25) is 5.02 Å². The van der Waals surface area contributed by atoms with Crippen LogP contribution in [-0.2, 0) is 15.4 Å². The SMILES string of the molecule is C[C@H]1CC[C@H]2C[C@](O)(c3ncc(-c4ccccn4)[nH]3)CC1C2S(=O)(=O)c1cc(C(=O)Nc2cc(F)c(F)c(F)c2)ccc1Cl. The molecule has 2 unspecified atom stereocenters. The van der Waals surface area contributed by atoms with Crippen molar-refractivity contribution in [3.8, 4) is 11.4 Å². The molecule has 8 nitrogen and oxygen atoms in total. The van der Waals surface area contributed by atoms with E-state index in [2.05, 4.69) is 20.3 Å². The number of nitrogens with zero attached hydrogens (tertiary/aromatic N) is 2. The summed E-state index contributed by atoms with van der Waals surface area (Å²) >= 11 is 6.41. The number of anilines is 1. The second-order valence-corrected chi connectivity index (χ2v) is 14.1. The third-order valence-electron chi connectivity index (χ3n) is 8.84. The number of carbonyl (C=O) groups is 1. The first-order valence-corrected chi connectivity index (χ1v) is 16.0. The van der Waals surface area contributed by atoms with Crippen molar-refractivity contribution in [2.24, 2.45) is 17.8 Å². The van der Waals surface area contributed by atoms with Gasteiger partial charge in [-0.1, -0.05) is 31.0 Å². The molecule has 2 heterocycles. The number of amides is 1. The Morgan fingerprint density at radius 1 is 1.07 bits per heavy atom. The lowest BCUT2D eigenvalue weighted by atomic mass is 9.62. The van der Waals surface area contributed by atoms with E-state index < -0.39 is 55.9 Å². The zero-order chi connectivity index (χ0) is 31.4. The number of imidazole rings is 1. The zero-order valence-electron chi connectivity index (χ0n) is 23.4. The number of halogens is 4. The summed E-state index contributed by atoms with van der Waals surface area (Å²) in [5, 5.41) is 13.2. The molecule has 0 aliphatic heterocycles. The number of rotatable bonds is 6. The van der Waals surface area contributed by atoms with E-state index in [9.17, 15) is 31.5 Å². The number of hydrogen-bond donors (Lipinski definition) is 3. The maximum absolute atomic E-state index is 14.3. The molecular formula is C31H28ClF3N4O4S. The molecule has 2 aromatic carbocycles. The van der Waals surface area contributed by atoms with Crippen molar-refractivity contribution in [2.75, 3.05) is 5.32 Å². The number of pyridine rings is 1. The van der Waals surface area contributed by atoms with Crippen molar-refractivity contribution in [3.63, 3.8) is 0 Å². The van der Waals surface area contributed by atoms with Crippen LogP contribution in [-0.4, -0.2) is 39.6 Å². The van der Waals surface area contributed by atoms with E-state index >= 15 is 0 Å². The normalized spacial score (nSPS) is 25.0. The molecule has 0 spiro atoms. The average Bonchev–Trinajstić information content (AvgIpc) is 3.50. The molecule has 0 radical (unpaired) electrons. The first-order valence-electron chi connectivity index (χ1n) is 14.1. The van der Waals surface area contributed by atoms with Crippen molar-refractivity contribution in [3.05, 3.63) is 94.8 Å². The fraction of sp³-hybridized carbons (Fsp3) is 0.323. The number of hydrogen-bond acceptors (Lipinski definition) is 6. The van der Waals surface area contributed by atoms with Crippen molar-refractivity contribution < 1.29 is 31.5 Å². The van der Waals surface area contributed by atoms with Gasteiger partial charge in [-0.15, -0.1) is 0 Å². The monoisotopic (exact) mass is 644 g/mol. The van der Waals surface area contributed by atoms with E-state index in [1.165, 1.54) is 12.1 Å². The maximum atomic E-state index is 14.3. The van der Waals surface area contributed by atoms with Gasteiger partial charge in [0.1, 0.15) is 11.4 Å². The Bertz CT molecular complexity index is 1830. The molecule has 2 fully saturated rings. The highest BCUT2D eigenvalue weighted by molar-refractivity contribution is 7.92. The molecular weight excluding hydrogens is 617 g/mol. The minimum atomic E-state index is -4.14. The average molecular weight is 645 g/mol. The number of sulfone groups is 1. The molecule has 2 bridgehead atoms. The fourth-order valence-electron chi connectivity index (χ4n) is 6.70. The minimum absolute atomic E-state index is 0.0448. The van der Waals surface area contributed by atoms with Crippen LogP contribution in [0.1, 0.15) is 48.8 Å². The number of fused-ring (bicyclic) bond motifs is 2. The van der Waals surface area contributed by atoms with Crippen LogP contribution < -0.4 is 5.32 Å². The molecule has 5 atom stereocenters. The highest BCUT2D eigenvalue weighted by atomic mass is 35.5. The highest BCUT2D eigenvalue weighted by Gasteiger charge is 2.55. The van der Waals surface area contributed by atoms with Gasteiger partial charge < -0.3 is 15.4 Å². The van der Waals surface area contributed by atoms with Gasteiger partial charge in [0.05, 0.1) is 32.8 Å². The summed E-state index contributed by atoms with van der Waals surface area (Å²) in [6.07, 6.45) is 4.88. The lowest BCUT2D eigenvalue weighted by Crippen LogP contribution is -2.53. The van der Waals surface area contributed by atoms with E-state index in [1.54, 1.807) is 18.5 Å². The third-order valence-corrected chi connectivity index (χ3v) is 11.7. The molecule has 2 saturated carbocycles. The third kappa shape index (κ3) is 5.39. The Morgan fingerprint density at radius 3 is 2.52 bits per heavy atom. The van der Waals surface area contributed by atoms with Gasteiger partial charge in [0, 0.05) is 29.6 Å². The summed E-state index contributed by atoms with van der Waals surface area (Å²) in [7, 11) is -4.14. The summed E-state index contributed by atoms with van der Waals surface area (Å²) in [4.78, 5) is 24.6. The molecule has 3 N–H and O–H groups in total. The highest BCUT2D eigenvalue weighted by Crippen LogP contribution is 2.54. The Kier molecular flexibility index (Phi) is 7.79. The fourth-order valence-corrected chi connectivity index (χ4v) is 9.63. The summed E-state index contributed by atoms with van der Waals surface area (Å²) < 4.78 is 69.3. The minimum Gasteiger partial charge on any atom is -0.382 e. The van der Waals surface area contributed by atoms with E-state index in [0.717, 1.165) is 12.5 Å². The van der Waals surface area contributed by atoms with Gasteiger partial charge >= 0.3 is 0 Å². The zero-order valence-corrected chi connectivity index (χ0v) is 25.0. The second-order valence-electron chi connectivity index (χ2n) is 11.6. The Labute approximate surface area is 256 Å². The number of aromatic nitrogens is 3. The Morgan fingerprint density at radius 2 is 1.82 bits per heavy atom. The summed E-state index contributed by atoms with van der Waals surface area (Å²) in [6, 6.07) is 10.4. The smallest absolute Gasteiger partial charge is 0.255 e. The maximum Gasteiger partial charge on any atom is 0.255 e. The second kappa shape index (κ2) is 11.3. The summed E-state index contributed by atoms with van der Waals surface area (Å²) in [5.74, 6) is -6.08. The number of aromatic amines is 1. The molecule has 0 saturated heterocycles. The van der Waals surface area contributed by atoms with Crippen LogP contribution in [0.3, 0.4) is 0 Å². The van der Waals surface area contributed by atoms with Gasteiger partial charge in [-0.3, -0.25) is 9.78 Å². The number of aliphatic hydroxyl groups is 1. The predicted octanol–water partition coefficient (Wildman–Crippen LogP) is 6.28. The lowest BCUT2D eigenvalue weighted by molar-refractivity contribution is -0.0729. The molecule has 4 aromatic rings. The van der Waals surface area contributed by atoms with Gasteiger partial charge in [-0.25, -0.2) is 26.6 Å². The Balaban J connectivity index is 1.29. The van der Waals surface area contributed by atoms with Crippen LogP contribution >= 0.6 is 11.6 Å². The molecule has 44 heavy (non-hydrogen) atoms. The van der Waals surface area contributed by atoms with Crippen LogP contribution in [0.25, 0.3) is 11.4 Å². The molecule has 2 aromatic heterocycles. The quantitative estimate of drug-likeness (QED) is 0.212. The first kappa shape index (κ1) is 30.3. The number of benzene rings is 2. The lowest BCUT2D eigenvalue weighted by Gasteiger charge is -2.50. The number of nitrogens with one attached hydrogen (secondary N) is 2. The van der Waals surface area contributed by atoms with Crippen molar-refractivity contribution >= 4 is 33.0 Å². The van der Waals surface area contributed by atoms with E-state index in [0.29, 0.717) is 35.8 Å². The van der Waals surface area contributed by atoms with Gasteiger partial charge in [0.25, 0.3) is 5.91 Å². The van der Waals surface area contributed by atoms with Crippen LogP contribution in [0, 0.1) is 35.2 Å². The molecule has 2 aliphatic carbocycles. The van der Waals surface area contributed by atoms with E-state index in [1.807, 2.05) is 19.1 Å². The van der Waals surface area contributed by atoms with Gasteiger partial charge in [0.2, 0.25) is 0 Å². The van der Waals surface area contributed by atoms with Crippen LogP contribution in [0.5, 0.6) is 0 Å². The van der Waals surface area contributed by atoms with Crippen LogP contribution in [0.15, 0.2) is 65.8 Å². The standard InChI is InChI=1S/C31H28ClF3N4O4S/c1-16-5-6-18-13-31(41,30-37-15-25(39-30)24-4-2-3-9-36-24)14-20(16)28(18)44(42,43)26-10-17(7-8-21(26)32)29(40)38-19-11-22(33)27(35)23(34)12-19/h2-4,7-12,15-16,18,20,28,41H,5-6,13-14H2,1H3,(H,37,39)(H,38,40)/t16-,18-,20?,28?,31+/m0/s1.